The molecule has 0 spiro atoms. The number of halogens is 2. The van der Waals surface area contributed by atoms with E-state index in [9.17, 15) is 8.78 Å². The van der Waals surface area contributed by atoms with E-state index >= 15 is 0 Å². The van der Waals surface area contributed by atoms with Gasteiger partial charge in [-0.1, -0.05) is 6.07 Å². The molecule has 1 rings (SSSR count). The third kappa shape index (κ3) is 2.74. The highest BCUT2D eigenvalue weighted by Crippen LogP contribution is 2.21. The van der Waals surface area contributed by atoms with E-state index in [0.29, 0.717) is 5.56 Å². The SMILES string of the molecule is C[C@@H](c1ccc(F)cc1F)N(C)CC#N. The lowest BCUT2D eigenvalue weighted by atomic mass is 10.1. The molecule has 1 atom stereocenters. The van der Waals surface area contributed by atoms with E-state index in [1.165, 1.54) is 12.1 Å². The molecule has 0 radical (unpaired) electrons. The molecule has 0 aliphatic carbocycles. The van der Waals surface area contributed by atoms with Gasteiger partial charge in [0, 0.05) is 17.7 Å². The van der Waals surface area contributed by atoms with Gasteiger partial charge >= 0.3 is 0 Å². The van der Waals surface area contributed by atoms with Gasteiger partial charge in [0.1, 0.15) is 11.6 Å². The summed E-state index contributed by atoms with van der Waals surface area (Å²) in [4.78, 5) is 1.69. The normalized spacial score (nSPS) is 12.5. The molecule has 1 aromatic carbocycles. The minimum absolute atomic E-state index is 0.206. The van der Waals surface area contributed by atoms with Crippen LogP contribution in [0.3, 0.4) is 0 Å². The molecule has 0 bridgehead atoms. The van der Waals surface area contributed by atoms with Crippen molar-refractivity contribution in [1.82, 2.24) is 4.90 Å². The molecule has 0 aliphatic heterocycles. The maximum Gasteiger partial charge on any atom is 0.130 e. The number of hydrogen-bond acceptors (Lipinski definition) is 2. The average molecular weight is 210 g/mol. The molecule has 0 amide bonds. The molecular formula is C11H12F2N2. The second kappa shape index (κ2) is 4.85. The second-order valence-electron chi connectivity index (χ2n) is 3.42. The fourth-order valence-corrected chi connectivity index (χ4v) is 1.33. The third-order valence-corrected chi connectivity index (χ3v) is 2.39. The summed E-state index contributed by atoms with van der Waals surface area (Å²) >= 11 is 0. The third-order valence-electron chi connectivity index (χ3n) is 2.39. The van der Waals surface area contributed by atoms with Crippen LogP contribution in [0.1, 0.15) is 18.5 Å². The first-order valence-electron chi connectivity index (χ1n) is 4.58. The molecule has 15 heavy (non-hydrogen) atoms. The van der Waals surface area contributed by atoms with Crippen LogP contribution in [-0.2, 0) is 0 Å². The Kier molecular flexibility index (Phi) is 3.75. The molecule has 2 nitrogen and oxygen atoms in total. The van der Waals surface area contributed by atoms with Crippen molar-refractivity contribution >= 4 is 0 Å². The van der Waals surface area contributed by atoms with Gasteiger partial charge < -0.3 is 0 Å². The van der Waals surface area contributed by atoms with Crippen molar-refractivity contribution in [2.45, 2.75) is 13.0 Å². The lowest BCUT2D eigenvalue weighted by Gasteiger charge is -2.22. The number of rotatable bonds is 3. The Labute approximate surface area is 87.7 Å². The molecule has 0 heterocycles. The Hall–Kier alpha value is -1.47. The van der Waals surface area contributed by atoms with Gasteiger partial charge in [0.2, 0.25) is 0 Å². The lowest BCUT2D eigenvalue weighted by Crippen LogP contribution is -2.23. The first-order valence-corrected chi connectivity index (χ1v) is 4.58. The average Bonchev–Trinajstić information content (AvgIpc) is 2.17. The molecule has 0 N–H and O–H groups in total. The van der Waals surface area contributed by atoms with Crippen molar-refractivity contribution < 1.29 is 8.78 Å². The highest BCUT2D eigenvalue weighted by molar-refractivity contribution is 5.21. The quantitative estimate of drug-likeness (QED) is 0.716. The van der Waals surface area contributed by atoms with Crippen LogP contribution in [-0.4, -0.2) is 18.5 Å². The smallest absolute Gasteiger partial charge is 0.130 e. The van der Waals surface area contributed by atoms with Crippen LogP contribution < -0.4 is 0 Å². The number of nitriles is 1. The topological polar surface area (TPSA) is 27.0 Å². The van der Waals surface area contributed by atoms with Gasteiger partial charge in [0.05, 0.1) is 12.6 Å². The van der Waals surface area contributed by atoms with Crippen molar-refractivity contribution in [1.29, 1.82) is 5.26 Å². The van der Waals surface area contributed by atoms with E-state index in [1.807, 2.05) is 6.07 Å². The molecule has 0 fully saturated rings. The summed E-state index contributed by atoms with van der Waals surface area (Å²) in [6.07, 6.45) is 0. The van der Waals surface area contributed by atoms with E-state index in [-0.39, 0.29) is 12.6 Å². The predicted octanol–water partition coefficient (Wildman–Crippen LogP) is 2.48. The summed E-state index contributed by atoms with van der Waals surface area (Å²) in [5.74, 6) is -1.17. The lowest BCUT2D eigenvalue weighted by molar-refractivity contribution is 0.286. The summed E-state index contributed by atoms with van der Waals surface area (Å²) in [5.41, 5.74) is 0.397. The van der Waals surface area contributed by atoms with Gasteiger partial charge in [-0.05, 0) is 20.0 Å². The van der Waals surface area contributed by atoms with E-state index in [4.69, 9.17) is 5.26 Å². The summed E-state index contributed by atoms with van der Waals surface area (Å²) in [6, 6.07) is 5.21. The summed E-state index contributed by atoms with van der Waals surface area (Å²) in [5, 5.41) is 8.50. The largest absolute Gasteiger partial charge is 0.287 e. The molecular weight excluding hydrogens is 198 g/mol. The molecule has 80 valence electrons. The van der Waals surface area contributed by atoms with Gasteiger partial charge in [-0.2, -0.15) is 5.26 Å². The maximum atomic E-state index is 13.4. The zero-order chi connectivity index (χ0) is 11.4. The van der Waals surface area contributed by atoms with Crippen LogP contribution in [0, 0.1) is 23.0 Å². The van der Waals surface area contributed by atoms with Crippen LogP contribution in [0.2, 0.25) is 0 Å². The van der Waals surface area contributed by atoms with Crippen LogP contribution in [0.5, 0.6) is 0 Å². The van der Waals surface area contributed by atoms with Crippen molar-refractivity contribution in [3.63, 3.8) is 0 Å². The fourth-order valence-electron chi connectivity index (χ4n) is 1.33. The summed E-state index contributed by atoms with van der Waals surface area (Å²) in [6.45, 7) is 1.98. The van der Waals surface area contributed by atoms with E-state index in [2.05, 4.69) is 0 Å². The first-order chi connectivity index (χ1) is 7.06. The van der Waals surface area contributed by atoms with Crippen molar-refractivity contribution in [2.24, 2.45) is 0 Å². The number of benzene rings is 1. The zero-order valence-corrected chi connectivity index (χ0v) is 8.67. The molecule has 1 aromatic rings. The Bertz CT molecular complexity index is 385. The van der Waals surface area contributed by atoms with Crippen molar-refractivity contribution in [3.8, 4) is 6.07 Å². The zero-order valence-electron chi connectivity index (χ0n) is 8.67. The van der Waals surface area contributed by atoms with Gasteiger partial charge in [-0.3, -0.25) is 4.90 Å². The maximum absolute atomic E-state index is 13.4. The van der Waals surface area contributed by atoms with Gasteiger partial charge in [-0.15, -0.1) is 0 Å². The molecule has 0 unspecified atom stereocenters. The second-order valence-corrected chi connectivity index (χ2v) is 3.42. The molecule has 0 aromatic heterocycles. The minimum atomic E-state index is -0.591. The van der Waals surface area contributed by atoms with Crippen LogP contribution in [0.4, 0.5) is 8.78 Å². The first kappa shape index (κ1) is 11.6. The van der Waals surface area contributed by atoms with E-state index < -0.39 is 11.6 Å². The van der Waals surface area contributed by atoms with E-state index in [1.54, 1.807) is 18.9 Å². The predicted molar refractivity (Wildman–Crippen MR) is 53.0 cm³/mol. The number of nitrogens with zero attached hydrogens (tertiary/aromatic N) is 2. The Morgan fingerprint density at radius 1 is 1.47 bits per heavy atom. The Morgan fingerprint density at radius 3 is 2.67 bits per heavy atom. The Morgan fingerprint density at radius 2 is 2.13 bits per heavy atom. The fraction of sp³-hybridized carbons (Fsp3) is 0.364. The van der Waals surface area contributed by atoms with Crippen molar-refractivity contribution in [2.75, 3.05) is 13.6 Å². The molecule has 4 heteroatoms. The van der Waals surface area contributed by atoms with Crippen LogP contribution in [0.15, 0.2) is 18.2 Å². The number of hydrogen-bond donors (Lipinski definition) is 0. The molecule has 0 saturated heterocycles. The monoisotopic (exact) mass is 210 g/mol. The Balaban J connectivity index is 2.91. The summed E-state index contributed by atoms with van der Waals surface area (Å²) < 4.78 is 26.0. The standard InChI is InChI=1S/C11H12F2N2/c1-8(15(2)6-5-14)10-4-3-9(12)7-11(10)13/h3-4,7-8H,6H2,1-2H3/t8-/m0/s1. The van der Waals surface area contributed by atoms with Gasteiger partial charge in [-0.25, -0.2) is 8.78 Å². The van der Waals surface area contributed by atoms with Crippen LogP contribution >= 0.6 is 0 Å². The highest BCUT2D eigenvalue weighted by atomic mass is 19.1. The minimum Gasteiger partial charge on any atom is -0.287 e. The molecule has 0 aliphatic rings. The van der Waals surface area contributed by atoms with Gasteiger partial charge in [0.25, 0.3) is 0 Å². The van der Waals surface area contributed by atoms with Crippen molar-refractivity contribution in [3.05, 3.63) is 35.4 Å². The van der Waals surface area contributed by atoms with Crippen LogP contribution in [0.25, 0.3) is 0 Å². The van der Waals surface area contributed by atoms with E-state index in [0.717, 1.165) is 6.07 Å². The molecule has 0 saturated carbocycles. The van der Waals surface area contributed by atoms with Gasteiger partial charge in [0.15, 0.2) is 0 Å². The highest BCUT2D eigenvalue weighted by Gasteiger charge is 2.15. The summed E-state index contributed by atoms with van der Waals surface area (Å²) in [7, 11) is 1.72.